The van der Waals surface area contributed by atoms with Crippen LogP contribution in [0.25, 0.3) is 10.8 Å². The minimum Gasteiger partial charge on any atom is -0.366 e. The Bertz CT molecular complexity index is 762. The van der Waals surface area contributed by atoms with Gasteiger partial charge in [-0.25, -0.2) is 0 Å². The van der Waals surface area contributed by atoms with Crippen LogP contribution in [0.4, 0.5) is 5.69 Å². The van der Waals surface area contributed by atoms with Crippen LogP contribution in [0.1, 0.15) is 53.4 Å². The molecule has 1 saturated heterocycles. The van der Waals surface area contributed by atoms with Gasteiger partial charge in [-0.3, -0.25) is 4.90 Å². The molecule has 0 bridgehead atoms. The molecule has 4 rings (SSSR count). The summed E-state index contributed by atoms with van der Waals surface area (Å²) < 4.78 is 0. The predicted octanol–water partition coefficient (Wildman–Crippen LogP) is 5.95. The molecule has 2 aromatic carbocycles. The smallest absolute Gasteiger partial charge is 0.0415 e. The Morgan fingerprint density at radius 1 is 0.815 bits per heavy atom. The van der Waals surface area contributed by atoms with Gasteiger partial charge in [-0.15, -0.1) is 0 Å². The van der Waals surface area contributed by atoms with Crippen molar-refractivity contribution >= 4 is 16.5 Å². The van der Waals surface area contributed by atoms with Crippen LogP contribution < -0.4 is 4.90 Å². The predicted molar refractivity (Wildman–Crippen MR) is 118 cm³/mol. The van der Waals surface area contributed by atoms with Crippen molar-refractivity contribution < 1.29 is 0 Å². The van der Waals surface area contributed by atoms with Crippen LogP contribution in [0.5, 0.6) is 0 Å². The maximum absolute atomic E-state index is 2.81. The second kappa shape index (κ2) is 7.83. The molecule has 0 N–H and O–H groups in total. The zero-order chi connectivity index (χ0) is 19.0. The summed E-state index contributed by atoms with van der Waals surface area (Å²) in [6.45, 7) is 12.1. The van der Waals surface area contributed by atoms with E-state index in [-0.39, 0.29) is 0 Å². The van der Waals surface area contributed by atoms with E-state index in [2.05, 4.69) is 80.0 Å². The van der Waals surface area contributed by atoms with Crippen molar-refractivity contribution in [2.45, 2.75) is 71.5 Å². The number of rotatable bonds is 3. The maximum atomic E-state index is 2.81. The van der Waals surface area contributed by atoms with Crippen LogP contribution in [0, 0.1) is 11.8 Å². The van der Waals surface area contributed by atoms with Crippen molar-refractivity contribution in [2.24, 2.45) is 11.8 Å². The van der Waals surface area contributed by atoms with Gasteiger partial charge in [-0.05, 0) is 68.4 Å². The number of nitrogens with zero attached hydrogens (tertiary/aromatic N) is 2. The fraction of sp³-hybridized carbons (Fsp3) is 0.600. The molecule has 1 aliphatic heterocycles. The molecular formula is C25H36N2. The summed E-state index contributed by atoms with van der Waals surface area (Å²) in [5, 5.41) is 2.68. The molecule has 0 spiro atoms. The van der Waals surface area contributed by atoms with E-state index in [1.807, 2.05) is 0 Å². The summed E-state index contributed by atoms with van der Waals surface area (Å²) in [5.74, 6) is 1.83. The normalized spacial score (nSPS) is 31.2. The molecule has 0 amide bonds. The Labute approximate surface area is 165 Å². The Morgan fingerprint density at radius 2 is 1.52 bits per heavy atom. The largest absolute Gasteiger partial charge is 0.366 e. The van der Waals surface area contributed by atoms with E-state index in [9.17, 15) is 0 Å². The van der Waals surface area contributed by atoms with Crippen LogP contribution in [0.15, 0.2) is 42.5 Å². The van der Waals surface area contributed by atoms with E-state index in [0.717, 1.165) is 18.4 Å². The summed E-state index contributed by atoms with van der Waals surface area (Å²) in [6.07, 6.45) is 5.70. The molecule has 27 heavy (non-hydrogen) atoms. The third kappa shape index (κ3) is 3.74. The molecule has 2 aromatic rings. The minimum atomic E-state index is 0.546. The van der Waals surface area contributed by atoms with E-state index >= 15 is 0 Å². The lowest BCUT2D eigenvalue weighted by Gasteiger charge is -2.50. The fourth-order valence-electron chi connectivity index (χ4n) is 5.50. The van der Waals surface area contributed by atoms with Gasteiger partial charge in [0, 0.05) is 36.9 Å². The van der Waals surface area contributed by atoms with Crippen molar-refractivity contribution in [3.05, 3.63) is 42.5 Å². The van der Waals surface area contributed by atoms with Gasteiger partial charge in [0.05, 0.1) is 0 Å². The van der Waals surface area contributed by atoms with Crippen LogP contribution in [-0.2, 0) is 0 Å². The molecule has 2 fully saturated rings. The first kappa shape index (κ1) is 18.8. The number of benzene rings is 2. The first-order valence-electron chi connectivity index (χ1n) is 11.1. The molecule has 0 radical (unpaired) electrons. The molecule has 1 saturated carbocycles. The average molecular weight is 365 g/mol. The van der Waals surface area contributed by atoms with Crippen molar-refractivity contribution in [1.82, 2.24) is 4.90 Å². The lowest BCUT2D eigenvalue weighted by molar-refractivity contribution is 0.0608. The summed E-state index contributed by atoms with van der Waals surface area (Å²) >= 11 is 0. The average Bonchev–Trinajstić information content (AvgIpc) is 2.70. The fourth-order valence-corrected chi connectivity index (χ4v) is 5.50. The quantitative estimate of drug-likeness (QED) is 0.663. The lowest BCUT2D eigenvalue weighted by Crippen LogP contribution is -2.61. The number of fused-ring (bicyclic) bond motifs is 1. The maximum Gasteiger partial charge on any atom is 0.0415 e. The Hall–Kier alpha value is -1.54. The standard InChI is InChI=1S/C25H36N2/c1-18-9-11-22(12-10-18)21(4)26-15-16-27(20(3)19(26)2)25-14-13-23-7-5-6-8-24(23)17-25/h5-8,13-14,17-22H,9-12,15-16H2,1-4H3. The van der Waals surface area contributed by atoms with Gasteiger partial charge in [0.1, 0.15) is 0 Å². The topological polar surface area (TPSA) is 6.48 Å². The number of hydrogen-bond acceptors (Lipinski definition) is 2. The SMILES string of the molecule is CC1CCC(C(C)N2CCN(c3ccc4ccccc4c3)C(C)C2C)CC1. The first-order chi connectivity index (χ1) is 13.0. The molecule has 3 atom stereocenters. The van der Waals surface area contributed by atoms with Crippen molar-refractivity contribution in [2.75, 3.05) is 18.0 Å². The van der Waals surface area contributed by atoms with Crippen molar-refractivity contribution in [3.63, 3.8) is 0 Å². The summed E-state index contributed by atoms with van der Waals surface area (Å²) in [4.78, 5) is 5.44. The number of anilines is 1. The Morgan fingerprint density at radius 3 is 2.26 bits per heavy atom. The number of hydrogen-bond donors (Lipinski definition) is 0. The third-order valence-corrected chi connectivity index (χ3v) is 7.64. The monoisotopic (exact) mass is 364 g/mol. The van der Waals surface area contributed by atoms with Crippen molar-refractivity contribution in [1.29, 1.82) is 0 Å². The van der Waals surface area contributed by atoms with Gasteiger partial charge in [-0.1, -0.05) is 50.1 Å². The van der Waals surface area contributed by atoms with E-state index in [0.29, 0.717) is 18.1 Å². The second-order valence-corrected chi connectivity index (χ2v) is 9.20. The zero-order valence-corrected chi connectivity index (χ0v) is 17.6. The van der Waals surface area contributed by atoms with Crippen molar-refractivity contribution in [3.8, 4) is 0 Å². The van der Waals surface area contributed by atoms with Crippen LogP contribution in [-0.4, -0.2) is 36.1 Å². The summed E-state index contributed by atoms with van der Waals surface area (Å²) in [7, 11) is 0. The highest BCUT2D eigenvalue weighted by Gasteiger charge is 2.36. The lowest BCUT2D eigenvalue weighted by atomic mass is 9.78. The van der Waals surface area contributed by atoms with Gasteiger partial charge in [0.15, 0.2) is 0 Å². The molecule has 1 heterocycles. The van der Waals surface area contributed by atoms with Crippen LogP contribution >= 0.6 is 0 Å². The molecule has 2 aliphatic rings. The molecule has 146 valence electrons. The number of piperazine rings is 1. The summed E-state index contributed by atoms with van der Waals surface area (Å²) in [6, 6.07) is 17.5. The first-order valence-corrected chi connectivity index (χ1v) is 11.1. The van der Waals surface area contributed by atoms with E-state index in [4.69, 9.17) is 0 Å². The Balaban J connectivity index is 1.48. The Kier molecular flexibility index (Phi) is 5.45. The molecule has 3 unspecified atom stereocenters. The zero-order valence-electron chi connectivity index (χ0n) is 17.6. The second-order valence-electron chi connectivity index (χ2n) is 9.20. The van der Waals surface area contributed by atoms with Gasteiger partial charge in [-0.2, -0.15) is 0 Å². The molecule has 2 nitrogen and oxygen atoms in total. The van der Waals surface area contributed by atoms with Crippen LogP contribution in [0.2, 0.25) is 0 Å². The highest BCUT2D eigenvalue weighted by Crippen LogP contribution is 2.35. The molecule has 2 heteroatoms. The van der Waals surface area contributed by atoms with Gasteiger partial charge in [0.2, 0.25) is 0 Å². The van der Waals surface area contributed by atoms with E-state index in [1.54, 1.807) is 0 Å². The van der Waals surface area contributed by atoms with E-state index in [1.165, 1.54) is 48.7 Å². The van der Waals surface area contributed by atoms with E-state index < -0.39 is 0 Å². The van der Waals surface area contributed by atoms with Gasteiger partial charge >= 0.3 is 0 Å². The summed E-state index contributed by atoms with van der Waals surface area (Å²) in [5.41, 5.74) is 1.38. The molecule has 1 aliphatic carbocycles. The third-order valence-electron chi connectivity index (χ3n) is 7.64. The van der Waals surface area contributed by atoms with Gasteiger partial charge in [0.25, 0.3) is 0 Å². The van der Waals surface area contributed by atoms with Crippen LogP contribution in [0.3, 0.4) is 0 Å². The molecular weight excluding hydrogens is 328 g/mol. The highest BCUT2D eigenvalue weighted by atomic mass is 15.3. The highest BCUT2D eigenvalue weighted by molar-refractivity contribution is 5.85. The minimum absolute atomic E-state index is 0.546. The molecule has 0 aromatic heterocycles. The van der Waals surface area contributed by atoms with Gasteiger partial charge < -0.3 is 4.90 Å².